The Morgan fingerprint density at radius 2 is 2.26 bits per heavy atom. The van der Waals surface area contributed by atoms with Gasteiger partial charge in [-0.15, -0.1) is 11.8 Å². The van der Waals surface area contributed by atoms with Gasteiger partial charge < -0.3 is 10.1 Å². The molecule has 1 heterocycles. The van der Waals surface area contributed by atoms with Crippen LogP contribution in [0.3, 0.4) is 0 Å². The highest BCUT2D eigenvalue weighted by Crippen LogP contribution is 2.37. The van der Waals surface area contributed by atoms with Gasteiger partial charge in [0.15, 0.2) is 0 Å². The van der Waals surface area contributed by atoms with E-state index in [0.29, 0.717) is 6.04 Å². The fraction of sp³-hybridized carbons (Fsp3) is 0.600. The molecule has 0 spiro atoms. The molecule has 1 N–H and O–H groups in total. The molecule has 0 amide bonds. The molecule has 0 aromatic heterocycles. The van der Waals surface area contributed by atoms with Crippen molar-refractivity contribution in [3.05, 3.63) is 28.8 Å². The lowest BCUT2D eigenvalue weighted by atomic mass is 10.0. The van der Waals surface area contributed by atoms with Gasteiger partial charge in [0.05, 0.1) is 0 Å². The van der Waals surface area contributed by atoms with Crippen molar-refractivity contribution in [2.45, 2.75) is 36.6 Å². The summed E-state index contributed by atoms with van der Waals surface area (Å²) in [6.07, 6.45) is 4.78. The molecule has 1 unspecified atom stereocenters. The molecular weight excluding hydrogens is 278 g/mol. The van der Waals surface area contributed by atoms with Crippen molar-refractivity contribution in [2.75, 3.05) is 26.0 Å². The van der Waals surface area contributed by atoms with Gasteiger partial charge in [-0.2, -0.15) is 0 Å². The van der Waals surface area contributed by atoms with E-state index in [1.807, 2.05) is 17.8 Å². The third kappa shape index (κ3) is 4.67. The highest BCUT2D eigenvalue weighted by Gasteiger charge is 2.20. The Balaban J connectivity index is 1.80. The zero-order valence-corrected chi connectivity index (χ0v) is 13.0. The van der Waals surface area contributed by atoms with Crippen LogP contribution in [0.15, 0.2) is 23.1 Å². The Kier molecular flexibility index (Phi) is 6.51. The Morgan fingerprint density at radius 3 is 3.11 bits per heavy atom. The van der Waals surface area contributed by atoms with Crippen LogP contribution in [0.5, 0.6) is 0 Å². The van der Waals surface area contributed by atoms with Crippen LogP contribution in [-0.2, 0) is 4.74 Å². The number of hydrogen-bond acceptors (Lipinski definition) is 3. The monoisotopic (exact) mass is 299 g/mol. The van der Waals surface area contributed by atoms with Gasteiger partial charge >= 0.3 is 0 Å². The second-order valence-corrected chi connectivity index (χ2v) is 6.45. The van der Waals surface area contributed by atoms with Gasteiger partial charge in [-0.1, -0.05) is 11.6 Å². The molecule has 0 aliphatic carbocycles. The summed E-state index contributed by atoms with van der Waals surface area (Å²) >= 11 is 8.05. The summed E-state index contributed by atoms with van der Waals surface area (Å²) in [5.74, 6) is 1.19. The van der Waals surface area contributed by atoms with E-state index in [9.17, 15) is 0 Å². The van der Waals surface area contributed by atoms with Crippen LogP contribution in [0.2, 0.25) is 5.02 Å². The van der Waals surface area contributed by atoms with Gasteiger partial charge in [0.25, 0.3) is 0 Å². The zero-order chi connectivity index (χ0) is 13.5. The first-order valence-corrected chi connectivity index (χ1v) is 8.32. The SMILES string of the molecule is COCCCCCNC1CCSc2ccc(Cl)cc21. The number of thioether (sulfide) groups is 1. The first-order chi connectivity index (χ1) is 9.31. The summed E-state index contributed by atoms with van der Waals surface area (Å²) in [6.45, 7) is 1.95. The van der Waals surface area contributed by atoms with Crippen molar-refractivity contribution in [2.24, 2.45) is 0 Å². The van der Waals surface area contributed by atoms with E-state index in [1.54, 1.807) is 7.11 Å². The first-order valence-electron chi connectivity index (χ1n) is 6.96. The number of halogens is 1. The number of ether oxygens (including phenoxy) is 1. The van der Waals surface area contributed by atoms with Crippen LogP contribution in [0, 0.1) is 0 Å². The smallest absolute Gasteiger partial charge is 0.0462 e. The van der Waals surface area contributed by atoms with Gasteiger partial charge in [0.1, 0.15) is 0 Å². The lowest BCUT2D eigenvalue weighted by molar-refractivity contribution is 0.192. The molecule has 19 heavy (non-hydrogen) atoms. The average Bonchev–Trinajstić information content (AvgIpc) is 2.43. The van der Waals surface area contributed by atoms with Gasteiger partial charge in [0, 0.05) is 29.7 Å². The van der Waals surface area contributed by atoms with Gasteiger partial charge in [-0.25, -0.2) is 0 Å². The van der Waals surface area contributed by atoms with Gasteiger partial charge in [-0.3, -0.25) is 0 Å². The normalized spacial score (nSPS) is 18.3. The van der Waals surface area contributed by atoms with E-state index in [1.165, 1.54) is 35.5 Å². The highest BCUT2D eigenvalue weighted by molar-refractivity contribution is 7.99. The maximum absolute atomic E-state index is 6.11. The largest absolute Gasteiger partial charge is 0.385 e. The molecule has 2 nitrogen and oxygen atoms in total. The predicted octanol–water partition coefficient (Wildman–Crippen LogP) is 4.28. The van der Waals surface area contributed by atoms with E-state index in [4.69, 9.17) is 16.3 Å². The number of benzene rings is 1. The van der Waals surface area contributed by atoms with Gasteiger partial charge in [-0.05, 0) is 61.7 Å². The Morgan fingerprint density at radius 1 is 1.37 bits per heavy atom. The summed E-state index contributed by atoms with van der Waals surface area (Å²) in [5, 5.41) is 4.51. The molecule has 0 radical (unpaired) electrons. The summed E-state index contributed by atoms with van der Waals surface area (Å²) in [6, 6.07) is 6.72. The van der Waals surface area contributed by atoms with Crippen molar-refractivity contribution < 1.29 is 4.74 Å². The Hall–Kier alpha value is -0.220. The molecule has 0 bridgehead atoms. The minimum atomic E-state index is 0.470. The molecule has 1 atom stereocenters. The number of fused-ring (bicyclic) bond motifs is 1. The molecule has 4 heteroatoms. The molecule has 0 fully saturated rings. The molecule has 1 aromatic rings. The number of nitrogens with one attached hydrogen (secondary N) is 1. The maximum Gasteiger partial charge on any atom is 0.0462 e. The van der Waals surface area contributed by atoms with Crippen LogP contribution < -0.4 is 5.32 Å². The predicted molar refractivity (Wildman–Crippen MR) is 83.3 cm³/mol. The average molecular weight is 300 g/mol. The van der Waals surface area contributed by atoms with E-state index < -0.39 is 0 Å². The number of hydrogen-bond donors (Lipinski definition) is 1. The van der Waals surface area contributed by atoms with E-state index in [0.717, 1.165) is 24.6 Å². The van der Waals surface area contributed by atoms with Crippen LogP contribution in [0.4, 0.5) is 0 Å². The molecular formula is C15H22ClNOS. The van der Waals surface area contributed by atoms with Crippen LogP contribution in [0.25, 0.3) is 0 Å². The third-order valence-corrected chi connectivity index (χ3v) is 4.79. The second-order valence-electron chi connectivity index (χ2n) is 4.88. The quantitative estimate of drug-likeness (QED) is 0.759. The van der Waals surface area contributed by atoms with Crippen LogP contribution in [-0.4, -0.2) is 26.0 Å². The topological polar surface area (TPSA) is 21.3 Å². The molecule has 0 saturated carbocycles. The van der Waals surface area contributed by atoms with Crippen LogP contribution >= 0.6 is 23.4 Å². The van der Waals surface area contributed by atoms with Crippen molar-refractivity contribution in [1.82, 2.24) is 5.32 Å². The van der Waals surface area contributed by atoms with Gasteiger partial charge in [0.2, 0.25) is 0 Å². The van der Waals surface area contributed by atoms with Crippen molar-refractivity contribution in [1.29, 1.82) is 0 Å². The number of rotatable bonds is 7. The fourth-order valence-electron chi connectivity index (χ4n) is 2.40. The summed E-state index contributed by atoms with van der Waals surface area (Å²) in [5.41, 5.74) is 1.38. The maximum atomic E-state index is 6.11. The highest BCUT2D eigenvalue weighted by atomic mass is 35.5. The minimum Gasteiger partial charge on any atom is -0.385 e. The van der Waals surface area contributed by atoms with E-state index in [-0.39, 0.29) is 0 Å². The summed E-state index contributed by atoms with van der Waals surface area (Å²) in [7, 11) is 1.76. The second kappa shape index (κ2) is 8.15. The Bertz CT molecular complexity index is 400. The molecule has 0 saturated heterocycles. The van der Waals surface area contributed by atoms with E-state index >= 15 is 0 Å². The third-order valence-electron chi connectivity index (χ3n) is 3.43. The van der Waals surface area contributed by atoms with E-state index in [2.05, 4.69) is 17.4 Å². The molecule has 1 aliphatic heterocycles. The first kappa shape index (κ1) is 15.2. The summed E-state index contributed by atoms with van der Waals surface area (Å²) in [4.78, 5) is 1.38. The number of methoxy groups -OCH3 is 1. The standard InChI is InChI=1S/C15H22ClNOS/c1-18-9-4-2-3-8-17-14-7-10-19-15-6-5-12(16)11-13(14)15/h5-6,11,14,17H,2-4,7-10H2,1H3. The Labute approximate surface area is 125 Å². The zero-order valence-electron chi connectivity index (χ0n) is 11.5. The van der Waals surface area contributed by atoms with Crippen molar-refractivity contribution in [3.63, 3.8) is 0 Å². The lowest BCUT2D eigenvalue weighted by Gasteiger charge is -2.26. The minimum absolute atomic E-state index is 0.470. The fourth-order valence-corrected chi connectivity index (χ4v) is 3.69. The molecule has 106 valence electrons. The number of unbranched alkanes of at least 4 members (excludes halogenated alkanes) is 2. The molecule has 2 rings (SSSR count). The van der Waals surface area contributed by atoms with Crippen molar-refractivity contribution in [3.8, 4) is 0 Å². The van der Waals surface area contributed by atoms with Crippen molar-refractivity contribution >= 4 is 23.4 Å². The molecule has 1 aromatic carbocycles. The van der Waals surface area contributed by atoms with Crippen LogP contribution in [0.1, 0.15) is 37.3 Å². The molecule has 1 aliphatic rings. The summed E-state index contributed by atoms with van der Waals surface area (Å²) < 4.78 is 5.06. The lowest BCUT2D eigenvalue weighted by Crippen LogP contribution is -2.25.